The van der Waals surface area contributed by atoms with Crippen molar-refractivity contribution in [1.82, 2.24) is 35.1 Å². The summed E-state index contributed by atoms with van der Waals surface area (Å²) >= 11 is 0. The maximum absolute atomic E-state index is 14.5. The van der Waals surface area contributed by atoms with Crippen LogP contribution in [0.2, 0.25) is 0 Å². The van der Waals surface area contributed by atoms with Gasteiger partial charge in [-0.3, -0.25) is 15.1 Å². The van der Waals surface area contributed by atoms with E-state index >= 15 is 0 Å². The molecule has 0 unspecified atom stereocenters. The van der Waals surface area contributed by atoms with E-state index in [0.717, 1.165) is 27.8 Å². The van der Waals surface area contributed by atoms with E-state index in [-0.39, 0.29) is 5.82 Å². The second-order valence-corrected chi connectivity index (χ2v) is 8.14. The van der Waals surface area contributed by atoms with Gasteiger partial charge in [0.25, 0.3) is 0 Å². The number of imidazole rings is 1. The van der Waals surface area contributed by atoms with Crippen LogP contribution in [-0.2, 0) is 0 Å². The molecule has 34 heavy (non-hydrogen) atoms. The Morgan fingerprint density at radius 1 is 0.941 bits per heavy atom. The Kier molecular flexibility index (Phi) is 4.54. The first-order valence-corrected chi connectivity index (χ1v) is 10.7. The number of hydrogen-bond acceptors (Lipinski definition) is 6. The van der Waals surface area contributed by atoms with Crippen molar-refractivity contribution in [3.8, 4) is 33.9 Å². The summed E-state index contributed by atoms with van der Waals surface area (Å²) in [7, 11) is 3.94. The number of fused-ring (bicyclic) bond motifs is 2. The molecule has 0 saturated carbocycles. The normalized spacial score (nSPS) is 11.4. The van der Waals surface area contributed by atoms with Crippen LogP contribution in [0.5, 0.6) is 0 Å². The van der Waals surface area contributed by atoms with Crippen LogP contribution in [0.4, 0.5) is 10.1 Å². The van der Waals surface area contributed by atoms with Crippen molar-refractivity contribution in [2.24, 2.45) is 0 Å². The maximum Gasteiger partial charge on any atom is 0.178 e. The lowest BCUT2D eigenvalue weighted by atomic mass is 10.1. The van der Waals surface area contributed by atoms with Crippen LogP contribution in [-0.4, -0.2) is 49.2 Å². The second-order valence-electron chi connectivity index (χ2n) is 8.14. The third-order valence-electron chi connectivity index (χ3n) is 5.76. The highest BCUT2D eigenvalue weighted by Crippen LogP contribution is 2.32. The van der Waals surface area contributed by atoms with Gasteiger partial charge in [0.15, 0.2) is 11.5 Å². The van der Waals surface area contributed by atoms with Gasteiger partial charge in [-0.05, 0) is 24.3 Å². The van der Waals surface area contributed by atoms with Crippen LogP contribution in [0.25, 0.3) is 56.0 Å². The molecule has 0 atom stereocenters. The highest BCUT2D eigenvalue weighted by molar-refractivity contribution is 5.96. The molecule has 0 spiro atoms. The van der Waals surface area contributed by atoms with Crippen molar-refractivity contribution >= 4 is 27.8 Å². The molecule has 166 valence electrons. The van der Waals surface area contributed by atoms with Gasteiger partial charge in [-0.25, -0.2) is 14.4 Å². The molecule has 0 aliphatic heterocycles. The minimum Gasteiger partial charge on any atom is -0.376 e. The fourth-order valence-corrected chi connectivity index (χ4v) is 3.99. The first-order valence-electron chi connectivity index (χ1n) is 10.7. The van der Waals surface area contributed by atoms with E-state index in [1.807, 2.05) is 31.1 Å². The van der Waals surface area contributed by atoms with Crippen molar-refractivity contribution in [3.63, 3.8) is 0 Å². The molecule has 0 aliphatic rings. The highest BCUT2D eigenvalue weighted by atomic mass is 19.1. The maximum atomic E-state index is 14.5. The number of anilines is 1. The van der Waals surface area contributed by atoms with Crippen LogP contribution < -0.4 is 4.90 Å². The fourth-order valence-electron chi connectivity index (χ4n) is 3.99. The van der Waals surface area contributed by atoms with Crippen LogP contribution in [0.15, 0.2) is 67.3 Å². The summed E-state index contributed by atoms with van der Waals surface area (Å²) in [6, 6.07) is 12.4. The summed E-state index contributed by atoms with van der Waals surface area (Å²) in [6.07, 6.45) is 6.96. The van der Waals surface area contributed by atoms with Crippen molar-refractivity contribution < 1.29 is 4.39 Å². The summed E-state index contributed by atoms with van der Waals surface area (Å²) in [5, 5.41) is 8.35. The topological polar surface area (TPSA) is 99.3 Å². The molecule has 5 aromatic heterocycles. The number of aromatic amines is 2. The Labute approximate surface area is 193 Å². The van der Waals surface area contributed by atoms with Gasteiger partial charge in [-0.15, -0.1) is 0 Å². The summed E-state index contributed by atoms with van der Waals surface area (Å²) < 4.78 is 14.5. The highest BCUT2D eigenvalue weighted by Gasteiger charge is 2.18. The lowest BCUT2D eigenvalue weighted by molar-refractivity contribution is 0.631. The van der Waals surface area contributed by atoms with Crippen LogP contribution in [0.3, 0.4) is 0 Å². The lowest BCUT2D eigenvalue weighted by Gasteiger charge is -2.12. The van der Waals surface area contributed by atoms with E-state index in [4.69, 9.17) is 0 Å². The van der Waals surface area contributed by atoms with Crippen molar-refractivity contribution in [2.75, 3.05) is 19.0 Å². The molecule has 1 aromatic carbocycles. The number of hydrogen-bond donors (Lipinski definition) is 2. The summed E-state index contributed by atoms with van der Waals surface area (Å²) in [4.78, 5) is 23.2. The van der Waals surface area contributed by atoms with Crippen molar-refractivity contribution in [1.29, 1.82) is 0 Å². The Balaban J connectivity index is 1.49. The summed E-state index contributed by atoms with van der Waals surface area (Å²) in [6.45, 7) is 0. The van der Waals surface area contributed by atoms with E-state index in [9.17, 15) is 4.39 Å². The van der Waals surface area contributed by atoms with Gasteiger partial charge in [0.05, 0.1) is 34.8 Å². The quantitative estimate of drug-likeness (QED) is 0.399. The minimum atomic E-state index is -0.305. The number of nitrogens with zero attached hydrogens (tertiary/aromatic N) is 6. The predicted octanol–water partition coefficient (Wildman–Crippen LogP) is 4.83. The molecule has 6 aromatic rings. The Hall–Kier alpha value is -4.66. The Morgan fingerprint density at radius 2 is 1.82 bits per heavy atom. The zero-order valence-electron chi connectivity index (χ0n) is 18.4. The molecule has 0 amide bonds. The number of nitrogens with one attached hydrogen (secondary N) is 2. The predicted molar refractivity (Wildman–Crippen MR) is 130 cm³/mol. The van der Waals surface area contributed by atoms with E-state index in [2.05, 4.69) is 35.1 Å². The minimum absolute atomic E-state index is 0.305. The van der Waals surface area contributed by atoms with Crippen LogP contribution in [0, 0.1) is 5.82 Å². The summed E-state index contributed by atoms with van der Waals surface area (Å²) in [5.41, 5.74) is 6.37. The number of benzene rings is 1. The van der Waals surface area contributed by atoms with Gasteiger partial charge in [0, 0.05) is 48.6 Å². The molecule has 0 fully saturated rings. The lowest BCUT2D eigenvalue weighted by Crippen LogP contribution is -2.08. The average molecular weight is 450 g/mol. The molecule has 0 bridgehead atoms. The zero-order valence-corrected chi connectivity index (χ0v) is 18.4. The second kappa shape index (κ2) is 7.73. The van der Waals surface area contributed by atoms with E-state index in [1.165, 1.54) is 6.07 Å². The van der Waals surface area contributed by atoms with Gasteiger partial charge in [0.2, 0.25) is 0 Å². The summed E-state index contributed by atoms with van der Waals surface area (Å²) in [5.74, 6) is 0.232. The first-order chi connectivity index (χ1) is 16.6. The van der Waals surface area contributed by atoms with Gasteiger partial charge in [-0.2, -0.15) is 5.10 Å². The zero-order chi connectivity index (χ0) is 23.2. The molecule has 5 heterocycles. The smallest absolute Gasteiger partial charge is 0.178 e. The van der Waals surface area contributed by atoms with Gasteiger partial charge in [-0.1, -0.05) is 18.2 Å². The molecule has 0 aliphatic carbocycles. The van der Waals surface area contributed by atoms with Crippen molar-refractivity contribution in [2.45, 2.75) is 0 Å². The van der Waals surface area contributed by atoms with E-state index < -0.39 is 0 Å². The third-order valence-corrected chi connectivity index (χ3v) is 5.76. The molecule has 0 radical (unpaired) electrons. The van der Waals surface area contributed by atoms with Crippen molar-refractivity contribution in [3.05, 3.63) is 73.1 Å². The molecule has 0 saturated heterocycles. The number of H-pyrrole nitrogens is 2. The molecule has 6 rings (SSSR count). The molecule has 8 nitrogen and oxygen atoms in total. The number of aromatic nitrogens is 7. The average Bonchev–Trinajstić information content (AvgIpc) is 3.48. The van der Waals surface area contributed by atoms with Gasteiger partial charge >= 0.3 is 0 Å². The fraction of sp³-hybridized carbons (Fsp3) is 0.0800. The SMILES string of the molecule is CN(C)c1cncc(-c2cc3c(-c4nc5nccc(-c6ccccc6F)c5[nH]4)n[nH]c3cn2)c1. The van der Waals surface area contributed by atoms with E-state index in [1.54, 1.807) is 49.1 Å². The third kappa shape index (κ3) is 3.25. The van der Waals surface area contributed by atoms with Crippen LogP contribution >= 0.6 is 0 Å². The number of rotatable bonds is 4. The first kappa shape index (κ1) is 20.0. The molecular weight excluding hydrogens is 431 g/mol. The molecule has 9 heteroatoms. The van der Waals surface area contributed by atoms with E-state index in [0.29, 0.717) is 33.8 Å². The monoisotopic (exact) mass is 450 g/mol. The molecular formula is C25H19FN8. The number of halogens is 1. The molecule has 2 N–H and O–H groups in total. The van der Waals surface area contributed by atoms with Gasteiger partial charge < -0.3 is 9.88 Å². The van der Waals surface area contributed by atoms with Crippen LogP contribution in [0.1, 0.15) is 0 Å². The Morgan fingerprint density at radius 3 is 2.68 bits per heavy atom. The van der Waals surface area contributed by atoms with Gasteiger partial charge in [0.1, 0.15) is 11.5 Å². The number of pyridine rings is 3. The standard InChI is InChI=1S/C25H19FN8/c1-34(2)15-9-14(11-27-12-15)20-10-18-21(13-29-20)32-33-23(18)25-30-22-17(7-8-28-24(22)31-25)16-5-3-4-6-19(16)26/h3-13H,1-2H3,(H,32,33)(H,28,30,31). The Bertz CT molecular complexity index is 1670. The largest absolute Gasteiger partial charge is 0.376 e.